The Bertz CT molecular complexity index is 1300. The third-order valence-electron chi connectivity index (χ3n) is 5.37. The maximum Gasteiger partial charge on any atom is 0.264 e. The lowest BCUT2D eigenvalue weighted by Gasteiger charge is -2.23. The minimum absolute atomic E-state index is 0.0256. The van der Waals surface area contributed by atoms with Crippen molar-refractivity contribution in [2.75, 3.05) is 30.4 Å². The minimum Gasteiger partial charge on any atom is -0.495 e. The van der Waals surface area contributed by atoms with Crippen LogP contribution in [0, 0.1) is 6.92 Å². The second-order valence-corrected chi connectivity index (χ2v) is 9.37. The van der Waals surface area contributed by atoms with Gasteiger partial charge in [-0.1, -0.05) is 18.2 Å². The van der Waals surface area contributed by atoms with E-state index in [1.54, 1.807) is 56.4 Å². The van der Waals surface area contributed by atoms with Gasteiger partial charge in [-0.3, -0.25) is 13.9 Å². The number of primary amides is 1. The molecule has 9 heteroatoms. The summed E-state index contributed by atoms with van der Waals surface area (Å²) in [5.74, 6) is -0.550. The molecule has 0 aliphatic rings. The van der Waals surface area contributed by atoms with Crippen LogP contribution >= 0.6 is 0 Å². The van der Waals surface area contributed by atoms with E-state index in [1.807, 2.05) is 0 Å². The van der Waals surface area contributed by atoms with Crippen molar-refractivity contribution in [2.24, 2.45) is 5.73 Å². The summed E-state index contributed by atoms with van der Waals surface area (Å²) in [5, 5.41) is 0. The molecule has 0 fully saturated rings. The van der Waals surface area contributed by atoms with Crippen molar-refractivity contribution in [1.82, 2.24) is 0 Å². The van der Waals surface area contributed by atoms with E-state index in [0.717, 1.165) is 4.31 Å². The van der Waals surface area contributed by atoms with Gasteiger partial charge in [0, 0.05) is 30.9 Å². The van der Waals surface area contributed by atoms with Crippen LogP contribution in [-0.2, 0) is 10.0 Å². The lowest BCUT2D eigenvalue weighted by atomic mass is 10.1. The largest absolute Gasteiger partial charge is 0.495 e. The van der Waals surface area contributed by atoms with Crippen LogP contribution in [0.3, 0.4) is 0 Å². The molecule has 0 aliphatic heterocycles. The fourth-order valence-electron chi connectivity index (χ4n) is 3.32. The quantitative estimate of drug-likeness (QED) is 0.574. The molecule has 33 heavy (non-hydrogen) atoms. The summed E-state index contributed by atoms with van der Waals surface area (Å²) in [6, 6.07) is 17.5. The molecule has 0 atom stereocenters. The van der Waals surface area contributed by atoms with Crippen LogP contribution in [0.2, 0.25) is 0 Å². The molecular formula is C24H25N3O5S. The Labute approximate surface area is 193 Å². The molecule has 0 heterocycles. The molecule has 0 saturated carbocycles. The summed E-state index contributed by atoms with van der Waals surface area (Å²) in [4.78, 5) is 25.9. The van der Waals surface area contributed by atoms with E-state index in [-0.39, 0.29) is 10.5 Å². The number of benzene rings is 3. The van der Waals surface area contributed by atoms with Gasteiger partial charge < -0.3 is 15.4 Å². The van der Waals surface area contributed by atoms with Crippen molar-refractivity contribution in [2.45, 2.75) is 11.8 Å². The van der Waals surface area contributed by atoms with Gasteiger partial charge in [-0.2, -0.15) is 0 Å². The molecule has 0 spiro atoms. The Hall–Kier alpha value is -3.85. The van der Waals surface area contributed by atoms with Crippen molar-refractivity contribution < 1.29 is 22.7 Å². The Morgan fingerprint density at radius 2 is 1.58 bits per heavy atom. The number of hydrogen-bond donors (Lipinski definition) is 1. The molecule has 0 aliphatic carbocycles. The van der Waals surface area contributed by atoms with E-state index in [0.29, 0.717) is 28.3 Å². The van der Waals surface area contributed by atoms with Crippen LogP contribution < -0.4 is 19.7 Å². The molecule has 0 unspecified atom stereocenters. The lowest BCUT2D eigenvalue weighted by Crippen LogP contribution is -2.29. The van der Waals surface area contributed by atoms with Gasteiger partial charge in [-0.25, -0.2) is 8.42 Å². The Morgan fingerprint density at radius 3 is 2.18 bits per heavy atom. The van der Waals surface area contributed by atoms with E-state index in [9.17, 15) is 18.0 Å². The molecule has 0 radical (unpaired) electrons. The zero-order valence-electron chi connectivity index (χ0n) is 18.8. The normalized spacial score (nSPS) is 11.0. The molecule has 172 valence electrons. The number of nitrogens with two attached hydrogens (primary N) is 1. The third-order valence-corrected chi connectivity index (χ3v) is 7.13. The third kappa shape index (κ3) is 4.68. The summed E-state index contributed by atoms with van der Waals surface area (Å²) in [7, 11) is 0.498. The number of carbonyl (C=O) groups is 2. The number of rotatable bonds is 7. The van der Waals surface area contributed by atoms with Gasteiger partial charge in [-0.05, 0) is 61.0 Å². The smallest absolute Gasteiger partial charge is 0.264 e. The summed E-state index contributed by atoms with van der Waals surface area (Å²) >= 11 is 0. The van der Waals surface area contributed by atoms with Crippen molar-refractivity contribution >= 4 is 33.2 Å². The Balaban J connectivity index is 1.97. The highest BCUT2D eigenvalue weighted by Crippen LogP contribution is 2.31. The van der Waals surface area contributed by atoms with Crippen molar-refractivity contribution in [3.05, 3.63) is 83.4 Å². The zero-order chi connectivity index (χ0) is 24.3. The standard InChI is InChI=1S/C24H25N3O5S/c1-16-9-14-19(33(30,31)27(3)21-7-5-6-8-22(21)32-4)15-20(16)24(29)26(2)18-12-10-17(11-13-18)23(25)28/h5-15H,1-4H3,(H2,25,28). The average molecular weight is 468 g/mol. The van der Waals surface area contributed by atoms with Crippen molar-refractivity contribution in [3.63, 3.8) is 0 Å². The fraction of sp³-hybridized carbons (Fsp3) is 0.167. The molecule has 3 aromatic rings. The van der Waals surface area contributed by atoms with E-state index < -0.39 is 21.8 Å². The molecule has 3 rings (SSSR count). The Morgan fingerprint density at radius 1 is 0.939 bits per heavy atom. The van der Waals surface area contributed by atoms with Crippen LogP contribution in [-0.4, -0.2) is 41.4 Å². The van der Waals surface area contributed by atoms with Gasteiger partial charge in [0.2, 0.25) is 5.91 Å². The average Bonchev–Trinajstić information content (AvgIpc) is 2.82. The maximum atomic E-state index is 13.3. The molecule has 3 aromatic carbocycles. The van der Waals surface area contributed by atoms with E-state index in [4.69, 9.17) is 10.5 Å². The molecule has 8 nitrogen and oxygen atoms in total. The number of amides is 2. The number of para-hydroxylation sites is 2. The molecular weight excluding hydrogens is 442 g/mol. The lowest BCUT2D eigenvalue weighted by molar-refractivity contribution is 0.0988. The van der Waals surface area contributed by atoms with Crippen molar-refractivity contribution in [3.8, 4) is 5.75 Å². The highest BCUT2D eigenvalue weighted by atomic mass is 32.2. The van der Waals surface area contributed by atoms with E-state index in [1.165, 1.54) is 43.3 Å². The number of ether oxygens (including phenoxy) is 1. The van der Waals surface area contributed by atoms with Crippen molar-refractivity contribution in [1.29, 1.82) is 0 Å². The van der Waals surface area contributed by atoms with Crippen LogP contribution in [0.25, 0.3) is 0 Å². The van der Waals surface area contributed by atoms with Gasteiger partial charge in [0.25, 0.3) is 15.9 Å². The number of methoxy groups -OCH3 is 1. The van der Waals surface area contributed by atoms with Crippen LogP contribution in [0.4, 0.5) is 11.4 Å². The first kappa shape index (κ1) is 23.8. The molecule has 0 saturated heterocycles. The predicted octanol–water partition coefficient (Wildman–Crippen LogP) is 3.20. The summed E-state index contributed by atoms with van der Waals surface area (Å²) in [5.41, 5.74) is 7.36. The predicted molar refractivity (Wildman–Crippen MR) is 127 cm³/mol. The molecule has 2 N–H and O–H groups in total. The van der Waals surface area contributed by atoms with E-state index >= 15 is 0 Å². The first-order valence-electron chi connectivity index (χ1n) is 9.98. The zero-order valence-corrected chi connectivity index (χ0v) is 19.6. The fourth-order valence-corrected chi connectivity index (χ4v) is 4.55. The topological polar surface area (TPSA) is 110 Å². The van der Waals surface area contributed by atoms with Crippen LogP contribution in [0.1, 0.15) is 26.3 Å². The van der Waals surface area contributed by atoms with Gasteiger partial charge in [0.05, 0.1) is 17.7 Å². The first-order valence-corrected chi connectivity index (χ1v) is 11.4. The minimum atomic E-state index is -3.97. The number of sulfonamides is 1. The van der Waals surface area contributed by atoms with Crippen LogP contribution in [0.15, 0.2) is 71.6 Å². The first-order chi connectivity index (χ1) is 15.6. The summed E-state index contributed by atoms with van der Waals surface area (Å²) in [6.45, 7) is 1.73. The second kappa shape index (κ2) is 9.33. The maximum absolute atomic E-state index is 13.3. The highest BCUT2D eigenvalue weighted by Gasteiger charge is 2.26. The monoisotopic (exact) mass is 467 g/mol. The van der Waals surface area contributed by atoms with Gasteiger partial charge in [-0.15, -0.1) is 0 Å². The highest BCUT2D eigenvalue weighted by molar-refractivity contribution is 7.92. The number of aryl methyl sites for hydroxylation is 1. The number of hydrogen-bond acceptors (Lipinski definition) is 5. The van der Waals surface area contributed by atoms with Gasteiger partial charge >= 0.3 is 0 Å². The summed E-state index contributed by atoms with van der Waals surface area (Å²) in [6.07, 6.45) is 0. The van der Waals surface area contributed by atoms with Gasteiger partial charge in [0.1, 0.15) is 5.75 Å². The number of anilines is 2. The van der Waals surface area contributed by atoms with E-state index in [2.05, 4.69) is 0 Å². The van der Waals surface area contributed by atoms with Gasteiger partial charge in [0.15, 0.2) is 0 Å². The number of nitrogens with zero attached hydrogens (tertiary/aromatic N) is 2. The van der Waals surface area contributed by atoms with Crippen LogP contribution in [0.5, 0.6) is 5.75 Å². The summed E-state index contributed by atoms with van der Waals surface area (Å²) < 4.78 is 33.1. The SMILES string of the molecule is COc1ccccc1N(C)S(=O)(=O)c1ccc(C)c(C(=O)N(C)c2ccc(C(N)=O)cc2)c1. The molecule has 0 aromatic heterocycles. The number of carbonyl (C=O) groups excluding carboxylic acids is 2. The second-order valence-electron chi connectivity index (χ2n) is 7.40. The molecule has 0 bridgehead atoms. The Kier molecular flexibility index (Phi) is 6.73. The molecule has 2 amide bonds.